The number of aliphatic hydroxyl groups excluding tert-OH is 1. The Bertz CT molecular complexity index is 503. The van der Waals surface area contributed by atoms with Crippen molar-refractivity contribution >= 4 is 5.97 Å². The number of benzene rings is 1. The Kier molecular flexibility index (Phi) is 15.4. The predicted molar refractivity (Wildman–Crippen MR) is 119 cm³/mol. The SMILES string of the molecule is CCCCCCCCCCCCC(O)CC(CCC(=O)O)OCc1ccccc1. The Labute approximate surface area is 177 Å². The lowest BCUT2D eigenvalue weighted by molar-refractivity contribution is -0.138. The molecule has 0 amide bonds. The highest BCUT2D eigenvalue weighted by Crippen LogP contribution is 2.17. The van der Waals surface area contributed by atoms with Gasteiger partial charge < -0.3 is 14.9 Å². The van der Waals surface area contributed by atoms with Crippen LogP contribution in [0, 0.1) is 0 Å². The molecule has 0 aliphatic heterocycles. The van der Waals surface area contributed by atoms with E-state index in [4.69, 9.17) is 9.84 Å². The number of aliphatic hydroxyl groups is 1. The molecular weight excluding hydrogens is 364 g/mol. The van der Waals surface area contributed by atoms with Crippen molar-refractivity contribution in [3.05, 3.63) is 35.9 Å². The molecule has 166 valence electrons. The third kappa shape index (κ3) is 15.2. The van der Waals surface area contributed by atoms with Gasteiger partial charge in [-0.05, 0) is 24.8 Å². The summed E-state index contributed by atoms with van der Waals surface area (Å²) in [5, 5.41) is 19.3. The molecule has 1 rings (SSSR count). The van der Waals surface area contributed by atoms with Crippen molar-refractivity contribution in [2.24, 2.45) is 0 Å². The summed E-state index contributed by atoms with van der Waals surface area (Å²) in [6.45, 7) is 2.70. The molecule has 0 aliphatic carbocycles. The van der Waals surface area contributed by atoms with Crippen LogP contribution in [0.15, 0.2) is 30.3 Å². The Morgan fingerprint density at radius 3 is 2.07 bits per heavy atom. The van der Waals surface area contributed by atoms with Crippen LogP contribution in [0.25, 0.3) is 0 Å². The topological polar surface area (TPSA) is 66.8 Å². The summed E-state index contributed by atoms with van der Waals surface area (Å²) in [5.41, 5.74) is 1.07. The summed E-state index contributed by atoms with van der Waals surface area (Å²) < 4.78 is 5.93. The van der Waals surface area contributed by atoms with E-state index in [0.29, 0.717) is 19.4 Å². The molecule has 0 aliphatic rings. The average molecular weight is 407 g/mol. The van der Waals surface area contributed by atoms with Gasteiger partial charge in [0, 0.05) is 6.42 Å². The molecule has 1 aromatic rings. The zero-order valence-electron chi connectivity index (χ0n) is 18.4. The van der Waals surface area contributed by atoms with E-state index in [9.17, 15) is 9.90 Å². The number of hydrogen-bond donors (Lipinski definition) is 2. The van der Waals surface area contributed by atoms with Gasteiger partial charge in [-0.3, -0.25) is 4.79 Å². The van der Waals surface area contributed by atoms with E-state index in [1.165, 1.54) is 51.4 Å². The Morgan fingerprint density at radius 2 is 1.48 bits per heavy atom. The predicted octanol–water partition coefficient (Wildman–Crippen LogP) is 6.50. The summed E-state index contributed by atoms with van der Waals surface area (Å²) in [6, 6.07) is 9.88. The minimum atomic E-state index is -0.817. The van der Waals surface area contributed by atoms with Crippen LogP contribution in [0.3, 0.4) is 0 Å². The highest BCUT2D eigenvalue weighted by Gasteiger charge is 2.17. The van der Waals surface area contributed by atoms with Gasteiger partial charge in [-0.2, -0.15) is 0 Å². The minimum absolute atomic E-state index is 0.0738. The van der Waals surface area contributed by atoms with Gasteiger partial charge in [0.2, 0.25) is 0 Å². The first kappa shape index (κ1) is 25.6. The van der Waals surface area contributed by atoms with E-state index < -0.39 is 12.1 Å². The lowest BCUT2D eigenvalue weighted by atomic mass is 10.0. The maximum atomic E-state index is 10.9. The van der Waals surface area contributed by atoms with Crippen LogP contribution in [0.1, 0.15) is 102 Å². The number of aliphatic carboxylic acids is 1. The zero-order valence-corrected chi connectivity index (χ0v) is 18.4. The van der Waals surface area contributed by atoms with Crippen molar-refractivity contribution < 1.29 is 19.7 Å². The van der Waals surface area contributed by atoms with Crippen molar-refractivity contribution in [1.29, 1.82) is 0 Å². The quantitative estimate of drug-likeness (QED) is 0.257. The van der Waals surface area contributed by atoms with Crippen LogP contribution >= 0.6 is 0 Å². The lowest BCUT2D eigenvalue weighted by Gasteiger charge is -2.21. The van der Waals surface area contributed by atoms with Crippen molar-refractivity contribution in [3.8, 4) is 0 Å². The van der Waals surface area contributed by atoms with Crippen LogP contribution in [-0.4, -0.2) is 28.4 Å². The summed E-state index contributed by atoms with van der Waals surface area (Å²) in [4.78, 5) is 10.9. The summed E-state index contributed by atoms with van der Waals surface area (Å²) >= 11 is 0. The van der Waals surface area contributed by atoms with Gasteiger partial charge in [0.15, 0.2) is 0 Å². The summed E-state index contributed by atoms with van der Waals surface area (Å²) in [5.74, 6) is -0.817. The fraction of sp³-hybridized carbons (Fsp3) is 0.720. The first-order valence-electron chi connectivity index (χ1n) is 11.7. The van der Waals surface area contributed by atoms with Gasteiger partial charge >= 0.3 is 5.97 Å². The molecule has 4 heteroatoms. The zero-order chi connectivity index (χ0) is 21.2. The summed E-state index contributed by atoms with van der Waals surface area (Å²) in [6.07, 6.45) is 14.0. The van der Waals surface area contributed by atoms with Gasteiger partial charge in [0.05, 0.1) is 18.8 Å². The molecule has 29 heavy (non-hydrogen) atoms. The van der Waals surface area contributed by atoms with Gasteiger partial charge in [-0.1, -0.05) is 101 Å². The lowest BCUT2D eigenvalue weighted by Crippen LogP contribution is -2.22. The van der Waals surface area contributed by atoms with Crippen LogP contribution in [-0.2, 0) is 16.1 Å². The maximum Gasteiger partial charge on any atom is 0.303 e. The standard InChI is InChI=1S/C25H42O4/c1-2-3-4-5-6-7-8-9-10-14-17-23(26)20-24(18-19-25(27)28)29-21-22-15-12-11-13-16-22/h11-13,15-16,23-24,26H,2-10,14,17-21H2,1H3,(H,27,28). The number of rotatable bonds is 19. The molecule has 0 heterocycles. The fourth-order valence-corrected chi connectivity index (χ4v) is 3.63. The molecule has 0 fully saturated rings. The Balaban J connectivity index is 2.16. The van der Waals surface area contributed by atoms with Gasteiger partial charge in [-0.25, -0.2) is 0 Å². The first-order chi connectivity index (χ1) is 14.1. The number of hydrogen-bond acceptors (Lipinski definition) is 3. The van der Waals surface area contributed by atoms with Crippen LogP contribution in [0.4, 0.5) is 0 Å². The third-order valence-electron chi connectivity index (χ3n) is 5.43. The second kappa shape index (κ2) is 17.5. The molecule has 0 aromatic heterocycles. The van der Waals surface area contributed by atoms with Crippen LogP contribution in [0.2, 0.25) is 0 Å². The van der Waals surface area contributed by atoms with Crippen molar-refractivity contribution in [3.63, 3.8) is 0 Å². The molecular formula is C25H42O4. The second-order valence-corrected chi connectivity index (χ2v) is 8.21. The van der Waals surface area contributed by atoms with Gasteiger partial charge in [-0.15, -0.1) is 0 Å². The van der Waals surface area contributed by atoms with Crippen molar-refractivity contribution in [2.45, 2.75) is 116 Å². The average Bonchev–Trinajstić information content (AvgIpc) is 2.72. The Morgan fingerprint density at radius 1 is 0.897 bits per heavy atom. The van der Waals surface area contributed by atoms with Crippen molar-refractivity contribution in [2.75, 3.05) is 0 Å². The molecule has 2 N–H and O–H groups in total. The highest BCUT2D eigenvalue weighted by molar-refractivity contribution is 5.66. The van der Waals surface area contributed by atoms with E-state index in [1.54, 1.807) is 0 Å². The monoisotopic (exact) mass is 406 g/mol. The molecule has 0 saturated heterocycles. The number of carbonyl (C=O) groups is 1. The molecule has 4 nitrogen and oxygen atoms in total. The van der Waals surface area contributed by atoms with E-state index in [2.05, 4.69) is 6.92 Å². The molecule has 1 aromatic carbocycles. The smallest absolute Gasteiger partial charge is 0.303 e. The number of unbranched alkanes of at least 4 members (excludes halogenated alkanes) is 9. The van der Waals surface area contributed by atoms with Gasteiger partial charge in [0.1, 0.15) is 0 Å². The highest BCUT2D eigenvalue weighted by atomic mass is 16.5. The number of carboxylic acids is 1. The van der Waals surface area contributed by atoms with E-state index >= 15 is 0 Å². The largest absolute Gasteiger partial charge is 0.481 e. The molecule has 0 spiro atoms. The van der Waals surface area contributed by atoms with Crippen molar-refractivity contribution in [1.82, 2.24) is 0 Å². The van der Waals surface area contributed by atoms with Gasteiger partial charge in [0.25, 0.3) is 0 Å². The van der Waals surface area contributed by atoms with E-state index in [1.807, 2.05) is 30.3 Å². The summed E-state index contributed by atoms with van der Waals surface area (Å²) in [7, 11) is 0. The second-order valence-electron chi connectivity index (χ2n) is 8.21. The third-order valence-corrected chi connectivity index (χ3v) is 5.43. The molecule has 2 unspecified atom stereocenters. The Hall–Kier alpha value is -1.39. The molecule has 0 bridgehead atoms. The van der Waals surface area contributed by atoms with Crippen LogP contribution in [0.5, 0.6) is 0 Å². The molecule has 0 radical (unpaired) electrons. The number of carboxylic acid groups (broad SMARTS) is 1. The van der Waals surface area contributed by atoms with E-state index in [0.717, 1.165) is 24.8 Å². The number of ether oxygens (including phenoxy) is 1. The normalized spacial score (nSPS) is 13.3. The molecule has 0 saturated carbocycles. The fourth-order valence-electron chi connectivity index (χ4n) is 3.63. The maximum absolute atomic E-state index is 10.9. The minimum Gasteiger partial charge on any atom is -0.481 e. The molecule has 2 atom stereocenters. The van der Waals surface area contributed by atoms with Crippen LogP contribution < -0.4 is 0 Å². The first-order valence-corrected chi connectivity index (χ1v) is 11.7. The van der Waals surface area contributed by atoms with E-state index in [-0.39, 0.29) is 12.5 Å².